The summed E-state index contributed by atoms with van der Waals surface area (Å²) in [4.78, 5) is 24.5. The average molecular weight is 364 g/mol. The molecule has 0 bridgehead atoms. The third-order valence-corrected chi connectivity index (χ3v) is 5.12. The summed E-state index contributed by atoms with van der Waals surface area (Å²) in [7, 11) is 0. The highest BCUT2D eigenvalue weighted by atomic mass is 16.7. The van der Waals surface area contributed by atoms with Gasteiger partial charge in [0.05, 0.1) is 11.0 Å². The maximum Gasteiger partial charge on any atom is 0.270 e. The van der Waals surface area contributed by atoms with Gasteiger partial charge in [-0.3, -0.25) is 14.7 Å². The van der Waals surface area contributed by atoms with Crippen LogP contribution in [0.1, 0.15) is 16.1 Å². The Morgan fingerprint density at radius 3 is 2.78 bits per heavy atom. The highest BCUT2D eigenvalue weighted by molar-refractivity contribution is 5.97. The highest BCUT2D eigenvalue weighted by Gasteiger charge is 2.24. The molecule has 7 heteroatoms. The number of carbonyl (C=O) groups is 1. The van der Waals surface area contributed by atoms with Crippen molar-refractivity contribution in [1.82, 2.24) is 19.8 Å². The molecule has 2 aliphatic heterocycles. The van der Waals surface area contributed by atoms with Crippen LogP contribution in [0.3, 0.4) is 0 Å². The largest absolute Gasteiger partial charge is 0.454 e. The summed E-state index contributed by atoms with van der Waals surface area (Å²) < 4.78 is 10.8. The lowest BCUT2D eigenvalue weighted by molar-refractivity contribution is 0.0623. The van der Waals surface area contributed by atoms with Crippen molar-refractivity contribution in [2.75, 3.05) is 33.0 Å². The standard InChI is InChI=1S/C20H20N4O3/c25-20(17-11-16-15(22-17)2-1-5-21-16)24-8-6-23(7-9-24)12-14-3-4-18-19(10-14)27-13-26-18/h1-5,10-11,22H,6-9,12-13H2. The van der Waals surface area contributed by atoms with Crippen LogP contribution >= 0.6 is 0 Å². The molecule has 7 nitrogen and oxygen atoms in total. The van der Waals surface area contributed by atoms with Crippen molar-refractivity contribution in [3.8, 4) is 11.5 Å². The molecule has 0 aliphatic carbocycles. The van der Waals surface area contributed by atoms with Crippen LogP contribution in [0.25, 0.3) is 11.0 Å². The van der Waals surface area contributed by atoms with E-state index in [0.717, 1.165) is 42.2 Å². The van der Waals surface area contributed by atoms with Crippen LogP contribution in [0.5, 0.6) is 11.5 Å². The van der Waals surface area contributed by atoms with Gasteiger partial charge in [0.2, 0.25) is 6.79 Å². The van der Waals surface area contributed by atoms with Crippen molar-refractivity contribution in [2.24, 2.45) is 0 Å². The summed E-state index contributed by atoms with van der Waals surface area (Å²) in [5, 5.41) is 0. The fourth-order valence-corrected chi connectivity index (χ4v) is 3.65. The molecule has 1 aromatic carbocycles. The Morgan fingerprint density at radius 1 is 1.07 bits per heavy atom. The second kappa shape index (κ2) is 6.59. The predicted molar refractivity (Wildman–Crippen MR) is 99.8 cm³/mol. The third-order valence-electron chi connectivity index (χ3n) is 5.12. The summed E-state index contributed by atoms with van der Waals surface area (Å²) >= 11 is 0. The molecule has 2 aromatic heterocycles. The van der Waals surface area contributed by atoms with Gasteiger partial charge in [0.25, 0.3) is 5.91 Å². The number of benzene rings is 1. The maximum absolute atomic E-state index is 12.8. The zero-order valence-corrected chi connectivity index (χ0v) is 14.9. The van der Waals surface area contributed by atoms with E-state index in [1.54, 1.807) is 6.20 Å². The van der Waals surface area contributed by atoms with Gasteiger partial charge in [0.1, 0.15) is 5.69 Å². The summed E-state index contributed by atoms with van der Waals surface area (Å²) in [5.74, 6) is 1.66. The Hall–Kier alpha value is -3.06. The molecule has 0 radical (unpaired) electrons. The average Bonchev–Trinajstić information content (AvgIpc) is 3.34. The molecule has 0 saturated carbocycles. The number of hydrogen-bond acceptors (Lipinski definition) is 5. The van der Waals surface area contributed by atoms with E-state index in [1.807, 2.05) is 35.2 Å². The van der Waals surface area contributed by atoms with Crippen molar-refractivity contribution < 1.29 is 14.3 Å². The van der Waals surface area contributed by atoms with Crippen LogP contribution in [0.2, 0.25) is 0 Å². The van der Waals surface area contributed by atoms with Gasteiger partial charge in [0, 0.05) is 38.9 Å². The van der Waals surface area contributed by atoms with Gasteiger partial charge in [-0.2, -0.15) is 0 Å². The molecule has 0 unspecified atom stereocenters. The highest BCUT2D eigenvalue weighted by Crippen LogP contribution is 2.32. The van der Waals surface area contributed by atoms with E-state index in [1.165, 1.54) is 5.56 Å². The number of pyridine rings is 1. The maximum atomic E-state index is 12.8. The zero-order chi connectivity index (χ0) is 18.2. The molecule has 0 spiro atoms. The fraction of sp³-hybridized carbons (Fsp3) is 0.300. The first kappa shape index (κ1) is 16.1. The molecular weight excluding hydrogens is 344 g/mol. The molecule has 138 valence electrons. The first-order valence-corrected chi connectivity index (χ1v) is 9.10. The minimum Gasteiger partial charge on any atom is -0.454 e. The quantitative estimate of drug-likeness (QED) is 0.772. The molecule has 5 rings (SSSR count). The smallest absolute Gasteiger partial charge is 0.270 e. The molecule has 1 saturated heterocycles. The van der Waals surface area contributed by atoms with Crippen LogP contribution < -0.4 is 9.47 Å². The zero-order valence-electron chi connectivity index (χ0n) is 14.9. The summed E-state index contributed by atoms with van der Waals surface area (Å²) in [6, 6.07) is 11.7. The summed E-state index contributed by atoms with van der Waals surface area (Å²) in [6.07, 6.45) is 1.74. The number of fused-ring (bicyclic) bond motifs is 2. The topological polar surface area (TPSA) is 70.7 Å². The van der Waals surface area contributed by atoms with E-state index in [9.17, 15) is 4.79 Å². The SMILES string of the molecule is O=C(c1cc2ncccc2[nH]1)N1CCN(Cc2ccc3c(c2)OCO3)CC1. The molecule has 27 heavy (non-hydrogen) atoms. The van der Waals surface area contributed by atoms with Crippen molar-refractivity contribution in [1.29, 1.82) is 0 Å². The normalized spacial score (nSPS) is 16.8. The summed E-state index contributed by atoms with van der Waals surface area (Å²) in [6.45, 7) is 4.26. The second-order valence-corrected chi connectivity index (χ2v) is 6.88. The number of piperazine rings is 1. The number of aromatic amines is 1. The Bertz CT molecular complexity index is 959. The molecule has 1 amide bonds. The van der Waals surface area contributed by atoms with E-state index in [-0.39, 0.29) is 5.91 Å². The van der Waals surface area contributed by atoms with Gasteiger partial charge >= 0.3 is 0 Å². The number of ether oxygens (including phenoxy) is 2. The van der Waals surface area contributed by atoms with Crippen LogP contribution in [-0.4, -0.2) is 58.6 Å². The Labute approximate surface area is 156 Å². The van der Waals surface area contributed by atoms with E-state index in [2.05, 4.69) is 20.9 Å². The van der Waals surface area contributed by atoms with Gasteiger partial charge in [-0.25, -0.2) is 0 Å². The van der Waals surface area contributed by atoms with E-state index >= 15 is 0 Å². The number of carbonyl (C=O) groups excluding carboxylic acids is 1. The van der Waals surface area contributed by atoms with Crippen molar-refractivity contribution in [3.05, 3.63) is 53.9 Å². The molecule has 1 N–H and O–H groups in total. The first-order valence-electron chi connectivity index (χ1n) is 9.10. The van der Waals surface area contributed by atoms with Gasteiger partial charge in [-0.05, 0) is 35.9 Å². The minimum atomic E-state index is 0.0377. The lowest BCUT2D eigenvalue weighted by Crippen LogP contribution is -2.48. The van der Waals surface area contributed by atoms with Gasteiger partial charge in [0.15, 0.2) is 11.5 Å². The first-order chi connectivity index (χ1) is 13.3. The molecule has 4 heterocycles. The predicted octanol–water partition coefficient (Wildman–Crippen LogP) is 2.25. The molecule has 2 aliphatic rings. The van der Waals surface area contributed by atoms with Crippen LogP contribution in [-0.2, 0) is 6.54 Å². The van der Waals surface area contributed by atoms with Crippen molar-refractivity contribution in [3.63, 3.8) is 0 Å². The number of amides is 1. The molecule has 0 atom stereocenters. The number of nitrogens with zero attached hydrogens (tertiary/aromatic N) is 3. The fourth-order valence-electron chi connectivity index (χ4n) is 3.65. The molecular formula is C20H20N4O3. The van der Waals surface area contributed by atoms with Crippen molar-refractivity contribution >= 4 is 16.9 Å². The Balaban J connectivity index is 1.21. The molecule has 1 fully saturated rings. The van der Waals surface area contributed by atoms with Crippen LogP contribution in [0, 0.1) is 0 Å². The van der Waals surface area contributed by atoms with Gasteiger partial charge in [-0.1, -0.05) is 6.07 Å². The van der Waals surface area contributed by atoms with E-state index < -0.39 is 0 Å². The molecule has 3 aromatic rings. The monoisotopic (exact) mass is 364 g/mol. The van der Waals surface area contributed by atoms with Crippen LogP contribution in [0.15, 0.2) is 42.6 Å². The Morgan fingerprint density at radius 2 is 1.93 bits per heavy atom. The number of aromatic nitrogens is 2. The van der Waals surface area contributed by atoms with E-state index in [4.69, 9.17) is 9.47 Å². The summed E-state index contributed by atoms with van der Waals surface area (Å²) in [5.41, 5.74) is 3.51. The lowest BCUT2D eigenvalue weighted by atomic mass is 10.1. The van der Waals surface area contributed by atoms with Gasteiger partial charge in [-0.15, -0.1) is 0 Å². The Kier molecular flexibility index (Phi) is 3.94. The third kappa shape index (κ3) is 3.10. The van der Waals surface area contributed by atoms with Crippen molar-refractivity contribution in [2.45, 2.75) is 6.54 Å². The number of nitrogens with one attached hydrogen (secondary N) is 1. The number of hydrogen-bond donors (Lipinski definition) is 1. The van der Waals surface area contributed by atoms with Gasteiger partial charge < -0.3 is 19.4 Å². The second-order valence-electron chi connectivity index (χ2n) is 6.88. The van der Waals surface area contributed by atoms with E-state index in [0.29, 0.717) is 25.6 Å². The number of rotatable bonds is 3. The number of H-pyrrole nitrogens is 1. The lowest BCUT2D eigenvalue weighted by Gasteiger charge is -2.34. The minimum absolute atomic E-state index is 0.0377. The van der Waals surface area contributed by atoms with Crippen LogP contribution in [0.4, 0.5) is 0 Å².